The highest BCUT2D eigenvalue weighted by Gasteiger charge is 2.29. The number of carbonyl (C=O) groups excluding carboxylic acids is 1. The van der Waals surface area contributed by atoms with Crippen LogP contribution in [0, 0.1) is 0 Å². The lowest BCUT2D eigenvalue weighted by Gasteiger charge is -2.25. The van der Waals surface area contributed by atoms with Crippen LogP contribution < -0.4 is 0 Å². The summed E-state index contributed by atoms with van der Waals surface area (Å²) in [6, 6.07) is 12.4. The minimum Gasteiger partial charge on any atom is -0.338 e. The van der Waals surface area contributed by atoms with Gasteiger partial charge in [-0.25, -0.2) is 0 Å². The average molecular weight is 308 g/mol. The van der Waals surface area contributed by atoms with Crippen molar-refractivity contribution in [1.29, 1.82) is 0 Å². The Morgan fingerprint density at radius 3 is 2.96 bits per heavy atom. The number of benzene rings is 1. The number of rotatable bonds is 4. The fraction of sp³-hybridized carbons (Fsp3) is 0.333. The second kappa shape index (κ2) is 5.91. The monoisotopic (exact) mass is 308 g/mol. The fourth-order valence-electron chi connectivity index (χ4n) is 3.49. The number of nitrogens with zero attached hydrogens (tertiary/aromatic N) is 4. The molecule has 0 spiro atoms. The van der Waals surface area contributed by atoms with Gasteiger partial charge >= 0.3 is 0 Å². The molecule has 2 aromatic heterocycles. The maximum Gasteiger partial charge on any atom is 0.242 e. The van der Waals surface area contributed by atoms with Crippen LogP contribution in [0.3, 0.4) is 0 Å². The van der Waals surface area contributed by atoms with Crippen LogP contribution in [-0.2, 0) is 17.9 Å². The van der Waals surface area contributed by atoms with E-state index in [0.717, 1.165) is 31.4 Å². The molecule has 0 radical (unpaired) electrons. The first-order valence-electron chi connectivity index (χ1n) is 8.12. The lowest BCUT2D eigenvalue weighted by atomic mass is 10.2. The van der Waals surface area contributed by atoms with Crippen LogP contribution in [0.25, 0.3) is 10.9 Å². The van der Waals surface area contributed by atoms with Gasteiger partial charge in [-0.15, -0.1) is 0 Å². The van der Waals surface area contributed by atoms with Crippen LogP contribution in [0.5, 0.6) is 0 Å². The van der Waals surface area contributed by atoms with Gasteiger partial charge in [0.25, 0.3) is 0 Å². The zero-order valence-electron chi connectivity index (χ0n) is 13.0. The highest BCUT2D eigenvalue weighted by molar-refractivity contribution is 5.83. The van der Waals surface area contributed by atoms with Crippen molar-refractivity contribution in [2.75, 3.05) is 6.54 Å². The lowest BCUT2D eigenvalue weighted by molar-refractivity contribution is -0.132. The van der Waals surface area contributed by atoms with Crippen molar-refractivity contribution in [3.8, 4) is 0 Å². The van der Waals surface area contributed by atoms with Crippen molar-refractivity contribution in [1.82, 2.24) is 19.2 Å². The Morgan fingerprint density at radius 1 is 1.17 bits per heavy atom. The van der Waals surface area contributed by atoms with E-state index >= 15 is 0 Å². The van der Waals surface area contributed by atoms with E-state index in [1.165, 1.54) is 5.39 Å². The van der Waals surface area contributed by atoms with Gasteiger partial charge in [0.15, 0.2) is 0 Å². The van der Waals surface area contributed by atoms with Crippen LogP contribution in [0.1, 0.15) is 12.8 Å². The number of likely N-dealkylation sites (tertiary alicyclic amines) is 1. The average Bonchev–Trinajstić information content (AvgIpc) is 3.29. The van der Waals surface area contributed by atoms with Gasteiger partial charge in [0.1, 0.15) is 6.54 Å². The standard InChI is InChI=1S/C18H20N4O/c23-18(14-20-12-8-15-5-1-2-7-17(15)20)22-11-3-6-16(22)13-21-10-4-9-19-21/h1-2,4-5,7-10,12,16H,3,6,11,13-14H2. The van der Waals surface area contributed by atoms with Crippen molar-refractivity contribution in [3.63, 3.8) is 0 Å². The molecule has 0 N–H and O–H groups in total. The van der Waals surface area contributed by atoms with Crippen molar-refractivity contribution in [2.24, 2.45) is 0 Å². The molecule has 5 heteroatoms. The minimum atomic E-state index is 0.195. The van der Waals surface area contributed by atoms with E-state index in [-0.39, 0.29) is 11.9 Å². The Hall–Kier alpha value is -2.56. The maximum atomic E-state index is 12.8. The SMILES string of the molecule is O=C(Cn1ccc2ccccc21)N1CCCC1Cn1cccn1. The summed E-state index contributed by atoms with van der Waals surface area (Å²) in [5.41, 5.74) is 1.11. The Labute approximate surface area is 135 Å². The predicted molar refractivity (Wildman–Crippen MR) is 88.9 cm³/mol. The number of amides is 1. The molecular formula is C18H20N4O. The molecule has 1 amide bonds. The van der Waals surface area contributed by atoms with E-state index in [1.54, 1.807) is 6.20 Å². The first-order valence-corrected chi connectivity index (χ1v) is 8.12. The molecule has 5 nitrogen and oxygen atoms in total. The summed E-state index contributed by atoms with van der Waals surface area (Å²) < 4.78 is 3.96. The van der Waals surface area contributed by atoms with Gasteiger partial charge in [0.2, 0.25) is 5.91 Å². The summed E-state index contributed by atoms with van der Waals surface area (Å²) in [4.78, 5) is 14.8. The number of aromatic nitrogens is 3. The predicted octanol–water partition coefficient (Wildman–Crippen LogP) is 2.53. The Kier molecular flexibility index (Phi) is 3.61. The van der Waals surface area contributed by atoms with E-state index in [9.17, 15) is 4.79 Å². The Morgan fingerprint density at radius 2 is 2.09 bits per heavy atom. The Bertz CT molecular complexity index is 805. The fourth-order valence-corrected chi connectivity index (χ4v) is 3.49. The maximum absolute atomic E-state index is 12.8. The normalized spacial score (nSPS) is 17.9. The van der Waals surface area contributed by atoms with Crippen LogP contribution in [0.2, 0.25) is 0 Å². The van der Waals surface area contributed by atoms with E-state index in [2.05, 4.69) is 23.3 Å². The molecule has 1 aliphatic heterocycles. The van der Waals surface area contributed by atoms with Gasteiger partial charge in [-0.3, -0.25) is 9.48 Å². The molecular weight excluding hydrogens is 288 g/mol. The minimum absolute atomic E-state index is 0.195. The smallest absolute Gasteiger partial charge is 0.242 e. The summed E-state index contributed by atoms with van der Waals surface area (Å²) >= 11 is 0. The molecule has 1 aliphatic rings. The summed E-state index contributed by atoms with van der Waals surface area (Å²) in [6.07, 6.45) is 7.87. The molecule has 1 fully saturated rings. The lowest BCUT2D eigenvalue weighted by Crippen LogP contribution is -2.40. The van der Waals surface area contributed by atoms with Crippen LogP contribution in [-0.4, -0.2) is 37.7 Å². The first-order chi connectivity index (χ1) is 11.3. The molecule has 4 rings (SSSR count). The van der Waals surface area contributed by atoms with Crippen molar-refractivity contribution >= 4 is 16.8 Å². The van der Waals surface area contributed by atoms with Crippen molar-refractivity contribution in [2.45, 2.75) is 32.0 Å². The molecule has 1 aromatic carbocycles. The molecule has 0 aliphatic carbocycles. The quantitative estimate of drug-likeness (QED) is 0.743. The van der Waals surface area contributed by atoms with Crippen LogP contribution in [0.4, 0.5) is 0 Å². The second-order valence-electron chi connectivity index (χ2n) is 6.11. The third kappa shape index (κ3) is 2.74. The van der Waals surface area contributed by atoms with E-state index in [4.69, 9.17) is 0 Å². The summed E-state index contributed by atoms with van der Waals surface area (Å²) in [5.74, 6) is 0.195. The molecule has 3 aromatic rings. The van der Waals surface area contributed by atoms with Crippen molar-refractivity contribution in [3.05, 3.63) is 55.0 Å². The molecule has 1 atom stereocenters. The molecule has 0 bridgehead atoms. The number of para-hydroxylation sites is 1. The molecule has 0 saturated carbocycles. The molecule has 1 unspecified atom stereocenters. The second-order valence-corrected chi connectivity index (χ2v) is 6.11. The number of carbonyl (C=O) groups is 1. The molecule has 23 heavy (non-hydrogen) atoms. The van der Waals surface area contributed by atoms with Gasteiger partial charge in [0.05, 0.1) is 12.6 Å². The van der Waals surface area contributed by atoms with Crippen LogP contribution in [0.15, 0.2) is 55.0 Å². The highest BCUT2D eigenvalue weighted by Crippen LogP contribution is 2.21. The third-order valence-electron chi connectivity index (χ3n) is 4.64. The largest absolute Gasteiger partial charge is 0.338 e. The zero-order chi connectivity index (χ0) is 15.6. The number of fused-ring (bicyclic) bond motifs is 1. The van der Waals surface area contributed by atoms with E-state index < -0.39 is 0 Å². The van der Waals surface area contributed by atoms with E-state index in [1.807, 2.05) is 44.7 Å². The zero-order valence-corrected chi connectivity index (χ0v) is 13.0. The Balaban J connectivity index is 1.49. The van der Waals surface area contributed by atoms with E-state index in [0.29, 0.717) is 6.54 Å². The van der Waals surface area contributed by atoms with Gasteiger partial charge in [-0.05, 0) is 36.4 Å². The highest BCUT2D eigenvalue weighted by atomic mass is 16.2. The molecule has 1 saturated heterocycles. The first kappa shape index (κ1) is 14.1. The number of hydrogen-bond acceptors (Lipinski definition) is 2. The summed E-state index contributed by atoms with van der Waals surface area (Å²) in [6.45, 7) is 2.04. The summed E-state index contributed by atoms with van der Waals surface area (Å²) in [7, 11) is 0. The van der Waals surface area contributed by atoms with Crippen LogP contribution >= 0.6 is 0 Å². The topological polar surface area (TPSA) is 43.1 Å². The summed E-state index contributed by atoms with van der Waals surface area (Å²) in [5, 5.41) is 5.44. The molecule has 118 valence electrons. The third-order valence-corrected chi connectivity index (χ3v) is 4.64. The van der Waals surface area contributed by atoms with Gasteiger partial charge in [-0.2, -0.15) is 5.10 Å². The molecule has 3 heterocycles. The van der Waals surface area contributed by atoms with Gasteiger partial charge in [0, 0.05) is 30.7 Å². The van der Waals surface area contributed by atoms with Gasteiger partial charge in [-0.1, -0.05) is 18.2 Å². The van der Waals surface area contributed by atoms with Gasteiger partial charge < -0.3 is 9.47 Å². The van der Waals surface area contributed by atoms with Crippen molar-refractivity contribution < 1.29 is 4.79 Å². The number of hydrogen-bond donors (Lipinski definition) is 0.